The molecule has 2 amide bonds. The molecule has 7 heteroatoms. The van der Waals surface area contributed by atoms with Crippen molar-refractivity contribution in [1.82, 2.24) is 5.32 Å². The summed E-state index contributed by atoms with van der Waals surface area (Å²) in [6.07, 6.45) is 0.413. The Hall–Kier alpha value is -2.67. The molecule has 0 radical (unpaired) electrons. The Kier molecular flexibility index (Phi) is 6.24. The summed E-state index contributed by atoms with van der Waals surface area (Å²) >= 11 is 3.38. The van der Waals surface area contributed by atoms with Gasteiger partial charge in [-0.25, -0.2) is 0 Å². The molecule has 1 atom stereocenters. The van der Waals surface area contributed by atoms with Gasteiger partial charge in [-0.05, 0) is 30.2 Å². The number of hydrogen-bond acceptors (Lipinski definition) is 4. The van der Waals surface area contributed by atoms with Gasteiger partial charge >= 0.3 is 5.97 Å². The third-order valence-electron chi connectivity index (χ3n) is 4.29. The van der Waals surface area contributed by atoms with E-state index in [2.05, 4.69) is 21.2 Å². The molecule has 1 unspecified atom stereocenters. The van der Waals surface area contributed by atoms with Gasteiger partial charge in [-0.1, -0.05) is 52.3 Å². The standard InChI is InChI=1S/C20H19BrN2O4/c21-15-7-4-8-16(11-15)23-10-9-17(20(23)26)19(25)22-12-18(24)27-13-14-5-2-1-3-6-14/h1-8,11,17H,9-10,12-13H2,(H,22,25). The molecule has 0 aliphatic carbocycles. The molecular formula is C20H19BrN2O4. The zero-order chi connectivity index (χ0) is 19.2. The van der Waals surface area contributed by atoms with Crippen molar-refractivity contribution in [1.29, 1.82) is 0 Å². The van der Waals surface area contributed by atoms with Crippen LogP contribution in [-0.2, 0) is 25.7 Å². The Morgan fingerprint density at radius 3 is 2.67 bits per heavy atom. The van der Waals surface area contributed by atoms with Gasteiger partial charge in [0.2, 0.25) is 11.8 Å². The lowest BCUT2D eigenvalue weighted by atomic mass is 10.1. The van der Waals surface area contributed by atoms with E-state index in [1.807, 2.05) is 54.6 Å². The Morgan fingerprint density at radius 2 is 1.93 bits per heavy atom. The second kappa shape index (κ2) is 8.81. The van der Waals surface area contributed by atoms with Crippen molar-refractivity contribution < 1.29 is 19.1 Å². The predicted octanol–water partition coefficient (Wildman–Crippen LogP) is 2.66. The maximum atomic E-state index is 12.5. The molecule has 1 N–H and O–H groups in total. The summed E-state index contributed by atoms with van der Waals surface area (Å²) in [5.74, 6) is -2.04. The number of anilines is 1. The van der Waals surface area contributed by atoms with Gasteiger partial charge in [-0.2, -0.15) is 0 Å². The number of benzene rings is 2. The first-order chi connectivity index (χ1) is 13.0. The normalized spacial score (nSPS) is 16.3. The molecule has 2 aromatic rings. The van der Waals surface area contributed by atoms with Crippen LogP contribution in [0.1, 0.15) is 12.0 Å². The zero-order valence-electron chi connectivity index (χ0n) is 14.6. The van der Waals surface area contributed by atoms with Crippen LogP contribution in [0.3, 0.4) is 0 Å². The Bertz CT molecular complexity index is 841. The highest BCUT2D eigenvalue weighted by Gasteiger charge is 2.37. The Morgan fingerprint density at radius 1 is 1.15 bits per heavy atom. The molecule has 6 nitrogen and oxygen atoms in total. The van der Waals surface area contributed by atoms with Gasteiger partial charge in [0.15, 0.2) is 0 Å². The number of amides is 2. The van der Waals surface area contributed by atoms with E-state index in [0.29, 0.717) is 13.0 Å². The number of hydrogen-bond donors (Lipinski definition) is 1. The summed E-state index contributed by atoms with van der Waals surface area (Å²) in [5, 5.41) is 2.50. The highest BCUT2D eigenvalue weighted by Crippen LogP contribution is 2.27. The Balaban J connectivity index is 1.48. The van der Waals surface area contributed by atoms with E-state index in [4.69, 9.17) is 4.74 Å². The van der Waals surface area contributed by atoms with Crippen LogP contribution in [0.5, 0.6) is 0 Å². The van der Waals surface area contributed by atoms with Crippen LogP contribution < -0.4 is 10.2 Å². The molecule has 1 fully saturated rings. The third-order valence-corrected chi connectivity index (χ3v) is 4.78. The van der Waals surface area contributed by atoms with Crippen LogP contribution in [-0.4, -0.2) is 30.9 Å². The highest BCUT2D eigenvalue weighted by molar-refractivity contribution is 9.10. The van der Waals surface area contributed by atoms with Gasteiger partial charge in [-0.15, -0.1) is 0 Å². The fourth-order valence-corrected chi connectivity index (χ4v) is 3.28. The highest BCUT2D eigenvalue weighted by atomic mass is 79.9. The molecule has 0 bridgehead atoms. The maximum absolute atomic E-state index is 12.5. The van der Waals surface area contributed by atoms with E-state index in [9.17, 15) is 14.4 Å². The van der Waals surface area contributed by atoms with E-state index >= 15 is 0 Å². The van der Waals surface area contributed by atoms with E-state index in [0.717, 1.165) is 15.7 Å². The van der Waals surface area contributed by atoms with Crippen molar-refractivity contribution >= 4 is 39.4 Å². The summed E-state index contributed by atoms with van der Waals surface area (Å²) < 4.78 is 5.98. The van der Waals surface area contributed by atoms with Crippen molar-refractivity contribution in [2.75, 3.05) is 18.0 Å². The van der Waals surface area contributed by atoms with Gasteiger partial charge in [-0.3, -0.25) is 14.4 Å². The van der Waals surface area contributed by atoms with Crippen molar-refractivity contribution in [2.45, 2.75) is 13.0 Å². The van der Waals surface area contributed by atoms with E-state index in [1.54, 1.807) is 4.90 Å². The van der Waals surface area contributed by atoms with Crippen LogP contribution >= 0.6 is 15.9 Å². The van der Waals surface area contributed by atoms with Crippen LogP contribution in [0.4, 0.5) is 5.69 Å². The van der Waals surface area contributed by atoms with Gasteiger partial charge < -0.3 is 15.0 Å². The average molecular weight is 431 g/mol. The monoisotopic (exact) mass is 430 g/mol. The first-order valence-corrected chi connectivity index (χ1v) is 9.38. The molecule has 2 aromatic carbocycles. The quantitative estimate of drug-likeness (QED) is 0.564. The predicted molar refractivity (Wildman–Crippen MR) is 104 cm³/mol. The number of esters is 1. The lowest BCUT2D eigenvalue weighted by Gasteiger charge is -2.17. The number of carbonyl (C=O) groups excluding carboxylic acids is 3. The van der Waals surface area contributed by atoms with Crippen molar-refractivity contribution in [2.24, 2.45) is 5.92 Å². The summed E-state index contributed by atoms with van der Waals surface area (Å²) in [6, 6.07) is 16.6. The van der Waals surface area contributed by atoms with Crippen LogP contribution in [0.25, 0.3) is 0 Å². The first kappa shape index (κ1) is 19.1. The molecule has 1 heterocycles. The second-order valence-electron chi connectivity index (χ2n) is 6.18. The Labute approximate surface area is 165 Å². The average Bonchev–Trinajstić information content (AvgIpc) is 3.07. The summed E-state index contributed by atoms with van der Waals surface area (Å²) in [6.45, 7) is 0.354. The van der Waals surface area contributed by atoms with Crippen molar-refractivity contribution in [3.63, 3.8) is 0 Å². The molecule has 140 valence electrons. The van der Waals surface area contributed by atoms with Crippen molar-refractivity contribution in [3.8, 4) is 0 Å². The van der Waals surface area contributed by atoms with Gasteiger partial charge in [0.05, 0.1) is 0 Å². The largest absolute Gasteiger partial charge is 0.460 e. The fraction of sp³-hybridized carbons (Fsp3) is 0.250. The van der Waals surface area contributed by atoms with E-state index in [1.165, 1.54) is 0 Å². The fourth-order valence-electron chi connectivity index (χ4n) is 2.90. The minimum atomic E-state index is -0.786. The topological polar surface area (TPSA) is 75.7 Å². The van der Waals surface area contributed by atoms with Gasteiger partial charge in [0.25, 0.3) is 0 Å². The number of nitrogens with zero attached hydrogens (tertiary/aromatic N) is 1. The zero-order valence-corrected chi connectivity index (χ0v) is 16.1. The third kappa shape index (κ3) is 4.95. The molecule has 1 aliphatic heterocycles. The number of rotatable bonds is 6. The second-order valence-corrected chi connectivity index (χ2v) is 7.09. The van der Waals surface area contributed by atoms with Gasteiger partial charge in [0, 0.05) is 16.7 Å². The molecule has 0 spiro atoms. The first-order valence-electron chi connectivity index (χ1n) is 8.59. The molecule has 1 aliphatic rings. The number of halogens is 1. The summed E-state index contributed by atoms with van der Waals surface area (Å²) in [4.78, 5) is 38.2. The molecule has 27 heavy (non-hydrogen) atoms. The number of carbonyl (C=O) groups is 3. The van der Waals surface area contributed by atoms with E-state index < -0.39 is 17.8 Å². The summed E-state index contributed by atoms with van der Waals surface area (Å²) in [5.41, 5.74) is 1.61. The molecule has 0 aromatic heterocycles. The lowest BCUT2D eigenvalue weighted by Crippen LogP contribution is -2.39. The van der Waals surface area contributed by atoms with Crippen LogP contribution in [0, 0.1) is 5.92 Å². The van der Waals surface area contributed by atoms with Crippen LogP contribution in [0.15, 0.2) is 59.1 Å². The van der Waals surface area contributed by atoms with Gasteiger partial charge in [0.1, 0.15) is 19.1 Å². The number of nitrogens with one attached hydrogen (secondary N) is 1. The van der Waals surface area contributed by atoms with Crippen molar-refractivity contribution in [3.05, 3.63) is 64.6 Å². The minimum Gasteiger partial charge on any atom is -0.460 e. The number of ether oxygens (including phenoxy) is 1. The van der Waals surface area contributed by atoms with Crippen LogP contribution in [0.2, 0.25) is 0 Å². The minimum absolute atomic E-state index is 0.147. The maximum Gasteiger partial charge on any atom is 0.325 e. The SMILES string of the molecule is O=C(CNC(=O)C1CCN(c2cccc(Br)c2)C1=O)OCc1ccccc1. The molecular weight excluding hydrogens is 412 g/mol. The van der Waals surface area contributed by atoms with E-state index in [-0.39, 0.29) is 19.1 Å². The molecule has 1 saturated heterocycles. The molecule has 3 rings (SSSR count). The molecule has 0 saturated carbocycles. The smallest absolute Gasteiger partial charge is 0.325 e. The lowest BCUT2D eigenvalue weighted by molar-refractivity contribution is -0.146. The summed E-state index contributed by atoms with van der Waals surface area (Å²) in [7, 11) is 0.